The minimum absolute atomic E-state index is 0.152. The number of rotatable bonds is 4. The number of aromatic nitrogens is 1. The van der Waals surface area contributed by atoms with Gasteiger partial charge < -0.3 is 4.90 Å². The highest BCUT2D eigenvalue weighted by molar-refractivity contribution is 7.13. The lowest BCUT2D eigenvalue weighted by Gasteiger charge is -2.48. The Bertz CT molecular complexity index is 882. The summed E-state index contributed by atoms with van der Waals surface area (Å²) >= 11 is 1.30. The van der Waals surface area contributed by atoms with Crippen molar-refractivity contribution in [3.05, 3.63) is 41.4 Å². The molecule has 1 fully saturated rings. The smallest absolute Gasteiger partial charge is 0.273 e. The Morgan fingerprint density at radius 3 is 2.88 bits per heavy atom. The van der Waals surface area contributed by atoms with Crippen LogP contribution in [-0.2, 0) is 9.59 Å². The summed E-state index contributed by atoms with van der Waals surface area (Å²) in [4.78, 5) is 46.4. The van der Waals surface area contributed by atoms with Crippen LogP contribution in [0.25, 0.3) is 0 Å². The summed E-state index contributed by atoms with van der Waals surface area (Å²) in [6.07, 6.45) is 2.76. The first-order chi connectivity index (χ1) is 12.6. The second-order valence-electron chi connectivity index (χ2n) is 6.31. The number of nitrogens with zero attached hydrogens (tertiary/aromatic N) is 3. The van der Waals surface area contributed by atoms with Crippen LogP contribution >= 0.6 is 11.3 Å². The van der Waals surface area contributed by atoms with Gasteiger partial charge in [0.05, 0.1) is 11.3 Å². The first-order valence-corrected chi connectivity index (χ1v) is 9.42. The standard InChI is InChI=1S/C18H18N4O3S/c1-2-10-21-15(24)12-5-3-4-6-13(12)22-14(23)7-8-18(21,22)16(25)20-17-19-9-11-26-17/h3-6,9,11H,2,7-8,10H2,1H3,(H,19,20,25). The molecule has 1 aromatic carbocycles. The lowest BCUT2D eigenvalue weighted by atomic mass is 9.95. The summed E-state index contributed by atoms with van der Waals surface area (Å²) in [7, 11) is 0. The molecule has 0 aliphatic carbocycles. The third-order valence-corrected chi connectivity index (χ3v) is 5.53. The summed E-state index contributed by atoms with van der Waals surface area (Å²) < 4.78 is 0. The number of carbonyl (C=O) groups is 3. The molecule has 0 saturated carbocycles. The molecule has 0 radical (unpaired) electrons. The van der Waals surface area contributed by atoms with Crippen molar-refractivity contribution in [2.45, 2.75) is 31.8 Å². The number of anilines is 2. The van der Waals surface area contributed by atoms with Gasteiger partial charge in [-0.2, -0.15) is 0 Å². The van der Waals surface area contributed by atoms with Crippen molar-refractivity contribution in [1.29, 1.82) is 0 Å². The molecule has 3 heterocycles. The maximum Gasteiger partial charge on any atom is 0.273 e. The van der Waals surface area contributed by atoms with Gasteiger partial charge in [-0.3, -0.25) is 24.6 Å². The van der Waals surface area contributed by atoms with Crippen LogP contribution in [0.2, 0.25) is 0 Å². The predicted molar refractivity (Wildman–Crippen MR) is 98.0 cm³/mol. The van der Waals surface area contributed by atoms with E-state index in [1.807, 2.05) is 6.92 Å². The van der Waals surface area contributed by atoms with Crippen LogP contribution in [0.4, 0.5) is 10.8 Å². The van der Waals surface area contributed by atoms with Gasteiger partial charge in [-0.25, -0.2) is 4.98 Å². The van der Waals surface area contributed by atoms with Crippen molar-refractivity contribution < 1.29 is 14.4 Å². The molecule has 2 aromatic rings. The van der Waals surface area contributed by atoms with Crippen molar-refractivity contribution in [1.82, 2.24) is 9.88 Å². The molecule has 4 rings (SSSR count). The molecule has 1 atom stereocenters. The minimum Gasteiger partial charge on any atom is -0.307 e. The predicted octanol–water partition coefficient (Wildman–Crippen LogP) is 2.47. The van der Waals surface area contributed by atoms with Crippen LogP contribution in [0.3, 0.4) is 0 Å². The fraction of sp³-hybridized carbons (Fsp3) is 0.333. The van der Waals surface area contributed by atoms with E-state index in [0.29, 0.717) is 29.3 Å². The number of benzene rings is 1. The lowest BCUT2D eigenvalue weighted by Crippen LogP contribution is -2.69. The van der Waals surface area contributed by atoms with Crippen LogP contribution in [0, 0.1) is 0 Å². The Labute approximate surface area is 154 Å². The third-order valence-electron chi connectivity index (χ3n) is 4.84. The number of hydrogen-bond acceptors (Lipinski definition) is 5. The SMILES string of the molecule is CCCN1C(=O)c2ccccc2N2C(=O)CCC12C(=O)Nc1nccs1. The van der Waals surface area contributed by atoms with E-state index < -0.39 is 11.6 Å². The first-order valence-electron chi connectivity index (χ1n) is 8.54. The maximum atomic E-state index is 13.3. The summed E-state index contributed by atoms with van der Waals surface area (Å²) in [5.41, 5.74) is -0.389. The topological polar surface area (TPSA) is 82.6 Å². The number of carbonyl (C=O) groups excluding carboxylic acids is 3. The lowest BCUT2D eigenvalue weighted by molar-refractivity contribution is -0.128. The van der Waals surface area contributed by atoms with Crippen molar-refractivity contribution in [3.63, 3.8) is 0 Å². The molecule has 1 saturated heterocycles. The van der Waals surface area contributed by atoms with E-state index in [1.165, 1.54) is 16.2 Å². The van der Waals surface area contributed by atoms with Gasteiger partial charge in [-0.05, 0) is 18.6 Å². The summed E-state index contributed by atoms with van der Waals surface area (Å²) in [5.74, 6) is -0.766. The molecule has 7 nitrogen and oxygen atoms in total. The van der Waals surface area contributed by atoms with E-state index in [1.54, 1.807) is 40.7 Å². The van der Waals surface area contributed by atoms with Crippen molar-refractivity contribution in [3.8, 4) is 0 Å². The molecular formula is C18H18N4O3S. The molecular weight excluding hydrogens is 352 g/mol. The largest absolute Gasteiger partial charge is 0.307 e. The van der Waals surface area contributed by atoms with Crippen LogP contribution in [0.1, 0.15) is 36.5 Å². The highest BCUT2D eigenvalue weighted by atomic mass is 32.1. The zero-order valence-corrected chi connectivity index (χ0v) is 15.1. The Kier molecular flexibility index (Phi) is 3.99. The van der Waals surface area contributed by atoms with Crippen LogP contribution in [0.5, 0.6) is 0 Å². The molecule has 0 spiro atoms. The van der Waals surface area contributed by atoms with Gasteiger partial charge in [0.25, 0.3) is 11.8 Å². The van der Waals surface area contributed by atoms with E-state index in [-0.39, 0.29) is 24.7 Å². The molecule has 0 bridgehead atoms. The van der Waals surface area contributed by atoms with E-state index in [2.05, 4.69) is 10.3 Å². The summed E-state index contributed by atoms with van der Waals surface area (Å²) in [5, 5.41) is 5.01. The zero-order chi connectivity index (χ0) is 18.3. The molecule has 1 unspecified atom stereocenters. The molecule has 2 aliphatic heterocycles. The fourth-order valence-electron chi connectivity index (χ4n) is 3.79. The molecule has 3 amide bonds. The highest BCUT2D eigenvalue weighted by Crippen LogP contribution is 2.45. The van der Waals surface area contributed by atoms with Crippen molar-refractivity contribution in [2.24, 2.45) is 0 Å². The average Bonchev–Trinajstić information content (AvgIpc) is 3.27. The van der Waals surface area contributed by atoms with Gasteiger partial charge in [0.1, 0.15) is 0 Å². The Morgan fingerprint density at radius 1 is 1.35 bits per heavy atom. The van der Waals surface area contributed by atoms with E-state index in [4.69, 9.17) is 0 Å². The van der Waals surface area contributed by atoms with Gasteiger partial charge in [0.2, 0.25) is 11.6 Å². The fourth-order valence-corrected chi connectivity index (χ4v) is 4.32. The normalized spacial score (nSPS) is 21.6. The first kappa shape index (κ1) is 16.7. The quantitative estimate of drug-likeness (QED) is 0.896. The summed E-state index contributed by atoms with van der Waals surface area (Å²) in [6.45, 7) is 2.34. The number of hydrogen-bond donors (Lipinski definition) is 1. The molecule has 134 valence electrons. The minimum atomic E-state index is -1.34. The zero-order valence-electron chi connectivity index (χ0n) is 14.3. The van der Waals surface area contributed by atoms with Gasteiger partial charge in [-0.15, -0.1) is 11.3 Å². The Hall–Kier alpha value is -2.74. The van der Waals surface area contributed by atoms with Gasteiger partial charge >= 0.3 is 0 Å². The molecule has 26 heavy (non-hydrogen) atoms. The number of nitrogens with one attached hydrogen (secondary N) is 1. The van der Waals surface area contributed by atoms with Crippen molar-refractivity contribution >= 4 is 39.9 Å². The second kappa shape index (κ2) is 6.21. The van der Waals surface area contributed by atoms with Gasteiger partial charge in [-0.1, -0.05) is 19.1 Å². The second-order valence-corrected chi connectivity index (χ2v) is 7.21. The highest BCUT2D eigenvalue weighted by Gasteiger charge is 2.60. The maximum absolute atomic E-state index is 13.3. The van der Waals surface area contributed by atoms with Crippen LogP contribution in [-0.4, -0.2) is 39.8 Å². The number of amides is 3. The number of fused-ring (bicyclic) bond motifs is 3. The molecule has 8 heteroatoms. The van der Waals surface area contributed by atoms with Gasteiger partial charge in [0, 0.05) is 31.0 Å². The third kappa shape index (κ3) is 2.25. The van der Waals surface area contributed by atoms with Crippen molar-refractivity contribution in [2.75, 3.05) is 16.8 Å². The molecule has 1 N–H and O–H groups in total. The van der Waals surface area contributed by atoms with E-state index in [0.717, 1.165) is 0 Å². The van der Waals surface area contributed by atoms with Crippen LogP contribution in [0.15, 0.2) is 35.8 Å². The van der Waals surface area contributed by atoms with Crippen LogP contribution < -0.4 is 10.2 Å². The number of thiazole rings is 1. The Morgan fingerprint density at radius 2 is 2.15 bits per heavy atom. The molecule has 1 aromatic heterocycles. The monoisotopic (exact) mass is 370 g/mol. The Balaban J connectivity index is 1.87. The number of para-hydroxylation sites is 1. The summed E-state index contributed by atoms with van der Waals surface area (Å²) in [6, 6.07) is 6.97. The van der Waals surface area contributed by atoms with Gasteiger partial charge in [0.15, 0.2) is 5.13 Å². The molecule has 2 aliphatic rings. The van der Waals surface area contributed by atoms with E-state index >= 15 is 0 Å². The van der Waals surface area contributed by atoms with E-state index in [9.17, 15) is 14.4 Å². The average molecular weight is 370 g/mol.